The average molecular weight is 543 g/mol. The molecule has 40 heavy (non-hydrogen) atoms. The Morgan fingerprint density at radius 2 is 1.70 bits per heavy atom. The molecule has 4 rings (SSSR count). The molecule has 2 aliphatic rings. The van der Waals surface area contributed by atoms with Gasteiger partial charge in [0.25, 0.3) is 5.91 Å². The van der Waals surface area contributed by atoms with Crippen molar-refractivity contribution in [3.63, 3.8) is 0 Å². The molecule has 1 fully saturated rings. The van der Waals surface area contributed by atoms with Crippen LogP contribution >= 0.6 is 0 Å². The highest BCUT2D eigenvalue weighted by Gasteiger charge is 2.25. The minimum atomic E-state index is -0.388. The van der Waals surface area contributed by atoms with Gasteiger partial charge in [-0.25, -0.2) is 11.4 Å². The molecule has 1 atom stereocenters. The Morgan fingerprint density at radius 3 is 2.38 bits per heavy atom. The predicted octanol–water partition coefficient (Wildman–Crippen LogP) is 4.89. The molecule has 0 aromatic heterocycles. The first-order valence-electron chi connectivity index (χ1n) is 14.4. The minimum absolute atomic E-state index is 0.122. The molecule has 0 radical (unpaired) electrons. The molecule has 0 aliphatic heterocycles. The van der Waals surface area contributed by atoms with E-state index in [1.807, 2.05) is 28.6 Å². The van der Waals surface area contributed by atoms with E-state index in [0.717, 1.165) is 42.9 Å². The molecule has 2 aromatic rings. The summed E-state index contributed by atoms with van der Waals surface area (Å²) in [4.78, 5) is 27.9. The maximum Gasteiger partial charge on any atom is 0.257 e. The van der Waals surface area contributed by atoms with E-state index in [9.17, 15) is 9.59 Å². The Kier molecular flexibility index (Phi) is 10.9. The molecule has 0 bridgehead atoms. The first-order chi connectivity index (χ1) is 19.5. The van der Waals surface area contributed by atoms with Crippen LogP contribution in [-0.2, 0) is 17.8 Å². The number of aryl methyl sites for hydroxylation is 1. The van der Waals surface area contributed by atoms with Gasteiger partial charge in [0.05, 0.1) is 6.54 Å². The van der Waals surface area contributed by atoms with E-state index in [1.165, 1.54) is 37.7 Å². The molecule has 0 spiro atoms. The van der Waals surface area contributed by atoms with Crippen molar-refractivity contribution in [2.45, 2.75) is 70.8 Å². The summed E-state index contributed by atoms with van der Waals surface area (Å²) in [5, 5.41) is 6.00. The van der Waals surface area contributed by atoms with Gasteiger partial charge in [0, 0.05) is 17.7 Å². The largest absolute Gasteiger partial charge is 0.368 e. The standard InChI is InChI=1S/C32H42N6O2/c33-32(36-37-34)35-31(40)28-17-15-25(16-18-28)23-38(30(39)14-8-7-11-24-9-3-1-4-10-24)29-21-19-27(20-22-29)26-12-5-2-6-13-26/h1,3-4,9-10,15-19,21-22,26-27,37H,2,5-8,11-14,20,23,34H2,(H3,33,35,36,40). The Morgan fingerprint density at radius 1 is 0.950 bits per heavy atom. The molecule has 8 heteroatoms. The van der Waals surface area contributed by atoms with Crippen LogP contribution in [-0.4, -0.2) is 22.7 Å². The summed E-state index contributed by atoms with van der Waals surface area (Å²) in [7, 11) is 0. The van der Waals surface area contributed by atoms with Gasteiger partial charge < -0.3 is 10.6 Å². The summed E-state index contributed by atoms with van der Waals surface area (Å²) in [6.45, 7) is 0.449. The highest BCUT2D eigenvalue weighted by molar-refractivity contribution is 6.05. The third kappa shape index (κ3) is 8.55. The Bertz CT molecular complexity index is 1200. The molecule has 1 unspecified atom stereocenters. The quantitative estimate of drug-likeness (QED) is 0.106. The van der Waals surface area contributed by atoms with Crippen LogP contribution in [0.2, 0.25) is 0 Å². The molecule has 2 amide bonds. The molecule has 212 valence electrons. The molecule has 0 heterocycles. The number of hydrazine groups is 1. The Hall–Kier alpha value is -3.91. The van der Waals surface area contributed by atoms with Gasteiger partial charge in [-0.3, -0.25) is 14.9 Å². The van der Waals surface area contributed by atoms with Crippen LogP contribution in [0.15, 0.2) is 83.6 Å². The molecule has 6 N–H and O–H groups in total. The fourth-order valence-electron chi connectivity index (χ4n) is 5.68. The van der Waals surface area contributed by atoms with Crippen LogP contribution in [0, 0.1) is 11.8 Å². The summed E-state index contributed by atoms with van der Waals surface area (Å²) < 4.78 is 0. The normalized spacial score (nSPS) is 17.7. The number of unbranched alkanes of at least 4 members (excludes halogenated alkanes) is 1. The van der Waals surface area contributed by atoms with Gasteiger partial charge in [0.2, 0.25) is 11.9 Å². The lowest BCUT2D eigenvalue weighted by Gasteiger charge is -2.32. The summed E-state index contributed by atoms with van der Waals surface area (Å²) in [5.41, 5.74) is 11.3. The third-order valence-corrected chi connectivity index (χ3v) is 7.91. The van der Waals surface area contributed by atoms with Gasteiger partial charge in [-0.2, -0.15) is 0 Å². The number of nitrogens with one attached hydrogen (secondary N) is 2. The number of hydrogen-bond donors (Lipinski definition) is 4. The fourth-order valence-corrected chi connectivity index (χ4v) is 5.68. The summed E-state index contributed by atoms with van der Waals surface area (Å²) in [5.74, 6) is 6.03. The lowest BCUT2D eigenvalue weighted by molar-refractivity contribution is -0.129. The van der Waals surface area contributed by atoms with E-state index in [-0.39, 0.29) is 17.8 Å². The summed E-state index contributed by atoms with van der Waals surface area (Å²) >= 11 is 0. The zero-order chi connectivity index (χ0) is 28.2. The highest BCUT2D eigenvalue weighted by atomic mass is 16.2. The number of guanidine groups is 1. The average Bonchev–Trinajstić information content (AvgIpc) is 2.99. The van der Waals surface area contributed by atoms with E-state index < -0.39 is 0 Å². The predicted molar refractivity (Wildman–Crippen MR) is 159 cm³/mol. The van der Waals surface area contributed by atoms with Gasteiger partial charge in [0.1, 0.15) is 0 Å². The number of rotatable bonds is 11. The maximum atomic E-state index is 13.5. The number of hydrogen-bond acceptors (Lipinski definition) is 5. The molecule has 0 saturated heterocycles. The van der Waals surface area contributed by atoms with Crippen LogP contribution in [0.25, 0.3) is 0 Å². The van der Waals surface area contributed by atoms with Gasteiger partial charge >= 0.3 is 0 Å². The number of hydrazone groups is 1. The van der Waals surface area contributed by atoms with Crippen molar-refractivity contribution in [3.05, 3.63) is 95.2 Å². The van der Waals surface area contributed by atoms with Gasteiger partial charge in [-0.15, -0.1) is 5.10 Å². The van der Waals surface area contributed by atoms with Crippen molar-refractivity contribution in [2.24, 2.45) is 28.5 Å². The smallest absolute Gasteiger partial charge is 0.257 e. The second-order valence-electron chi connectivity index (χ2n) is 10.7. The minimum Gasteiger partial charge on any atom is -0.368 e. The number of nitrogens with two attached hydrogens (primary N) is 2. The van der Waals surface area contributed by atoms with Gasteiger partial charge in [0.15, 0.2) is 0 Å². The van der Waals surface area contributed by atoms with Crippen LogP contribution in [0.3, 0.4) is 0 Å². The van der Waals surface area contributed by atoms with E-state index in [1.54, 1.807) is 12.1 Å². The molecular formula is C32H42N6O2. The second kappa shape index (κ2) is 15.0. The second-order valence-corrected chi connectivity index (χ2v) is 10.7. The summed E-state index contributed by atoms with van der Waals surface area (Å²) in [6.07, 6.45) is 17.6. The van der Waals surface area contributed by atoms with Gasteiger partial charge in [-0.05, 0) is 79.7 Å². The first-order valence-corrected chi connectivity index (χ1v) is 14.4. The third-order valence-electron chi connectivity index (χ3n) is 7.91. The van der Waals surface area contributed by atoms with Crippen molar-refractivity contribution < 1.29 is 9.59 Å². The van der Waals surface area contributed by atoms with E-state index in [2.05, 4.69) is 52.9 Å². The van der Waals surface area contributed by atoms with E-state index >= 15 is 0 Å². The highest BCUT2D eigenvalue weighted by Crippen LogP contribution is 2.35. The van der Waals surface area contributed by atoms with Crippen molar-refractivity contribution in [1.29, 1.82) is 0 Å². The van der Waals surface area contributed by atoms with E-state index in [0.29, 0.717) is 24.4 Å². The number of carbonyl (C=O) groups excluding carboxylic acids is 2. The number of amides is 2. The number of benzene rings is 2. The van der Waals surface area contributed by atoms with Crippen LogP contribution in [0.4, 0.5) is 0 Å². The number of allylic oxidation sites excluding steroid dienone is 3. The summed E-state index contributed by atoms with van der Waals surface area (Å²) in [6, 6.07) is 17.6. The lowest BCUT2D eigenvalue weighted by atomic mass is 9.77. The molecule has 2 aliphatic carbocycles. The monoisotopic (exact) mass is 542 g/mol. The molecule has 2 aromatic carbocycles. The zero-order valence-corrected chi connectivity index (χ0v) is 23.2. The van der Waals surface area contributed by atoms with Crippen LogP contribution < -0.4 is 22.4 Å². The molecule has 8 nitrogen and oxygen atoms in total. The van der Waals surface area contributed by atoms with Crippen molar-refractivity contribution in [2.75, 3.05) is 0 Å². The number of carbonyl (C=O) groups is 2. The fraction of sp³-hybridized carbons (Fsp3) is 0.406. The Balaban J connectivity index is 1.41. The van der Waals surface area contributed by atoms with Crippen molar-refractivity contribution in [1.82, 2.24) is 15.8 Å². The molecule has 1 saturated carbocycles. The van der Waals surface area contributed by atoms with Crippen molar-refractivity contribution in [3.8, 4) is 0 Å². The van der Waals surface area contributed by atoms with Crippen molar-refractivity contribution >= 4 is 17.8 Å². The maximum absolute atomic E-state index is 13.5. The SMILES string of the molecule is NN/N=C(\N)NC(=O)c1ccc(CN(C(=O)CCCCc2ccccc2)C2=CCC(C3CCCCC3)C=C2)cc1. The first kappa shape index (κ1) is 29.1. The zero-order valence-electron chi connectivity index (χ0n) is 23.2. The van der Waals surface area contributed by atoms with E-state index in [4.69, 9.17) is 11.6 Å². The molecular weight excluding hydrogens is 500 g/mol. The number of nitrogens with zero attached hydrogens (tertiary/aromatic N) is 2. The van der Waals surface area contributed by atoms with Crippen LogP contribution in [0.5, 0.6) is 0 Å². The van der Waals surface area contributed by atoms with Crippen LogP contribution in [0.1, 0.15) is 79.3 Å². The lowest BCUT2D eigenvalue weighted by Crippen LogP contribution is -2.39. The topological polar surface area (TPSA) is 126 Å². The Labute approximate surface area is 237 Å². The van der Waals surface area contributed by atoms with Gasteiger partial charge in [-0.1, -0.05) is 73.9 Å².